The lowest BCUT2D eigenvalue weighted by atomic mass is 9.73. The number of hydrogen-bond acceptors (Lipinski definition) is 2. The van der Waals surface area contributed by atoms with Crippen molar-refractivity contribution in [1.82, 2.24) is 9.80 Å². The van der Waals surface area contributed by atoms with Crippen molar-refractivity contribution < 1.29 is 9.59 Å². The maximum atomic E-state index is 13.4. The van der Waals surface area contributed by atoms with Crippen molar-refractivity contribution in [3.63, 3.8) is 0 Å². The highest BCUT2D eigenvalue weighted by Gasteiger charge is 2.37. The zero-order chi connectivity index (χ0) is 31.5. The van der Waals surface area contributed by atoms with Gasteiger partial charge in [0.05, 0.1) is 0 Å². The molecule has 0 N–H and O–H groups in total. The number of nitrogens with zero attached hydrogens (tertiary/aromatic N) is 2. The molecule has 7 heteroatoms. The van der Waals surface area contributed by atoms with Gasteiger partial charge in [0.15, 0.2) is 0 Å². The van der Waals surface area contributed by atoms with Gasteiger partial charge in [0.1, 0.15) is 0 Å². The number of unbranched alkanes of at least 4 members (excludes halogenated alkanes) is 1. The molecule has 2 amide bonds. The van der Waals surface area contributed by atoms with Crippen LogP contribution < -0.4 is 0 Å². The first kappa shape index (κ1) is 36.1. The van der Waals surface area contributed by atoms with Crippen LogP contribution in [-0.2, 0) is 16.0 Å². The first-order valence-electron chi connectivity index (χ1n) is 16.5. The number of likely N-dealkylation sites (tertiary alicyclic amines) is 2. The van der Waals surface area contributed by atoms with Crippen LogP contribution in [0.2, 0.25) is 5.02 Å². The first-order valence-corrected chi connectivity index (χ1v) is 18.5. The molecule has 4 nitrogen and oxygen atoms in total. The number of carbonyl (C=O) groups is 2. The number of rotatable bonds is 7. The third-order valence-electron chi connectivity index (χ3n) is 9.20. The van der Waals surface area contributed by atoms with E-state index in [-0.39, 0.29) is 17.7 Å². The molecule has 1 aromatic carbocycles. The van der Waals surface area contributed by atoms with Crippen LogP contribution in [0.5, 0.6) is 0 Å². The lowest BCUT2D eigenvalue weighted by Crippen LogP contribution is -2.42. The monoisotopic (exact) mass is 736 g/mol. The van der Waals surface area contributed by atoms with Crippen LogP contribution in [0.3, 0.4) is 0 Å². The average Bonchev–Trinajstić information content (AvgIpc) is 3.17. The molecule has 0 aromatic heterocycles. The number of aryl methyl sites for hydroxylation is 1. The maximum absolute atomic E-state index is 13.4. The van der Waals surface area contributed by atoms with Gasteiger partial charge in [-0.2, -0.15) is 0 Å². The molecule has 2 heterocycles. The van der Waals surface area contributed by atoms with E-state index < -0.39 is 0 Å². The van der Waals surface area contributed by atoms with E-state index in [1.54, 1.807) is 0 Å². The normalized spacial score (nSPS) is 22.2. The topological polar surface area (TPSA) is 40.6 Å². The van der Waals surface area contributed by atoms with Gasteiger partial charge in [-0.3, -0.25) is 9.59 Å². The highest BCUT2D eigenvalue weighted by Crippen LogP contribution is 2.49. The van der Waals surface area contributed by atoms with E-state index in [0.29, 0.717) is 24.7 Å². The van der Waals surface area contributed by atoms with Crippen LogP contribution in [0.15, 0.2) is 50.5 Å². The number of halogens is 3. The van der Waals surface area contributed by atoms with Gasteiger partial charge in [0.25, 0.3) is 0 Å². The van der Waals surface area contributed by atoms with Gasteiger partial charge in [-0.25, -0.2) is 0 Å². The Bertz CT molecular complexity index is 1190. The summed E-state index contributed by atoms with van der Waals surface area (Å²) >= 11 is 14.2. The fourth-order valence-electron chi connectivity index (χ4n) is 6.88. The Balaban J connectivity index is 0.00000248. The van der Waals surface area contributed by atoms with E-state index in [4.69, 9.17) is 11.6 Å². The molecule has 1 unspecified atom stereocenters. The summed E-state index contributed by atoms with van der Waals surface area (Å²) in [6.45, 7) is 13.4. The van der Waals surface area contributed by atoms with Gasteiger partial charge in [0.2, 0.25) is 11.8 Å². The van der Waals surface area contributed by atoms with Crippen LogP contribution in [0.4, 0.5) is 0 Å². The minimum Gasteiger partial charge on any atom is -0.343 e. The van der Waals surface area contributed by atoms with E-state index in [2.05, 4.69) is 81.0 Å². The Hall–Kier alpha value is -1.37. The Kier molecular flexibility index (Phi) is 15.1. The van der Waals surface area contributed by atoms with Gasteiger partial charge < -0.3 is 9.80 Å². The summed E-state index contributed by atoms with van der Waals surface area (Å²) in [6, 6.07) is 4.22. The number of carbonyl (C=O) groups excluding carboxylic acids is 2. The van der Waals surface area contributed by atoms with E-state index in [1.807, 2.05) is 25.7 Å². The Labute approximate surface area is 282 Å². The van der Waals surface area contributed by atoms with Gasteiger partial charge >= 0.3 is 0 Å². The van der Waals surface area contributed by atoms with E-state index >= 15 is 0 Å². The summed E-state index contributed by atoms with van der Waals surface area (Å²) in [5, 5.41) is 0.779. The van der Waals surface area contributed by atoms with Crippen molar-refractivity contribution in [2.45, 2.75) is 105 Å². The van der Waals surface area contributed by atoms with Crippen molar-refractivity contribution in [3.8, 4) is 0 Å². The van der Waals surface area contributed by atoms with Crippen molar-refractivity contribution in [3.05, 3.63) is 66.6 Å². The predicted octanol–water partition coefficient (Wildman–Crippen LogP) is 10.4. The Morgan fingerprint density at radius 1 is 0.977 bits per heavy atom. The Morgan fingerprint density at radius 2 is 1.60 bits per heavy atom. The molecule has 43 heavy (non-hydrogen) atoms. The van der Waals surface area contributed by atoms with E-state index in [1.165, 1.54) is 22.3 Å². The van der Waals surface area contributed by atoms with Gasteiger partial charge in [0, 0.05) is 58.9 Å². The number of allylic oxidation sites excluding steroid dienone is 6. The highest BCUT2D eigenvalue weighted by atomic mass is 79.9. The molecule has 2 aliphatic heterocycles. The maximum Gasteiger partial charge on any atom is 0.222 e. The molecule has 2 saturated heterocycles. The van der Waals surface area contributed by atoms with Gasteiger partial charge in [-0.05, 0) is 104 Å². The quantitative estimate of drug-likeness (QED) is 0.261. The van der Waals surface area contributed by atoms with E-state index in [0.717, 1.165) is 91.5 Å². The summed E-state index contributed by atoms with van der Waals surface area (Å²) in [4.78, 5) is 29.5. The summed E-state index contributed by atoms with van der Waals surface area (Å²) in [5.74, 6) is 1.63. The third-order valence-corrected chi connectivity index (χ3v) is 10.8. The molecule has 0 spiro atoms. The fourth-order valence-corrected chi connectivity index (χ4v) is 8.28. The lowest BCUT2D eigenvalue weighted by molar-refractivity contribution is -0.135. The molecular weight excluding hydrogens is 688 g/mol. The van der Waals surface area contributed by atoms with Crippen LogP contribution in [0, 0.1) is 11.8 Å². The standard InChI is InChI=1S/C34H45Br2ClN2O2.C2H6/c1-4-7-8-29-25(20-27(35)5-2)9-10-26-21-28(37)22-30(36)34(26)33(29)24-13-17-39(18-14-24)32(41)19-23-11-15-38(16-12-23)31(40)6-3;1-2/h5,8,20-24,33H,4,6-7,9-19H2,1-3H3;1-2H3/b25-20-,27-5+,29-8-;. The SMILES string of the molecule is CC.C\C=C(Br)/C=C1/CCc2cc(Cl)cc(Br)c2C(C2CCN(C(=O)CC3CCN(C(=O)CC)CC3)CC2)/C1=C\CCC. The molecule has 3 aliphatic rings. The molecule has 238 valence electrons. The largest absolute Gasteiger partial charge is 0.343 e. The molecule has 4 rings (SSSR count). The number of benzene rings is 1. The van der Waals surface area contributed by atoms with Crippen molar-refractivity contribution in [2.75, 3.05) is 26.2 Å². The third kappa shape index (κ3) is 9.56. The van der Waals surface area contributed by atoms with Crippen molar-refractivity contribution in [1.29, 1.82) is 0 Å². The Morgan fingerprint density at radius 3 is 2.21 bits per heavy atom. The lowest BCUT2D eigenvalue weighted by Gasteiger charge is -2.39. The number of fused-ring (bicyclic) bond motifs is 1. The molecule has 0 saturated carbocycles. The second-order valence-electron chi connectivity index (χ2n) is 11.8. The van der Waals surface area contributed by atoms with Gasteiger partial charge in [-0.1, -0.05) is 89.7 Å². The van der Waals surface area contributed by atoms with Crippen LogP contribution in [-0.4, -0.2) is 47.8 Å². The molecule has 0 radical (unpaired) electrons. The minimum absolute atomic E-state index is 0.231. The average molecular weight is 739 g/mol. The smallest absolute Gasteiger partial charge is 0.222 e. The number of amides is 2. The highest BCUT2D eigenvalue weighted by molar-refractivity contribution is 9.12. The van der Waals surface area contributed by atoms with Crippen molar-refractivity contribution in [2.24, 2.45) is 11.8 Å². The molecule has 2 fully saturated rings. The van der Waals surface area contributed by atoms with Crippen LogP contribution in [0.25, 0.3) is 0 Å². The first-order chi connectivity index (χ1) is 20.7. The van der Waals surface area contributed by atoms with Crippen LogP contribution >= 0.6 is 43.5 Å². The zero-order valence-corrected chi connectivity index (χ0v) is 30.8. The molecule has 1 atom stereocenters. The summed E-state index contributed by atoms with van der Waals surface area (Å²) in [5.41, 5.74) is 5.57. The summed E-state index contributed by atoms with van der Waals surface area (Å²) in [6.07, 6.45) is 16.1. The number of piperidine rings is 2. The van der Waals surface area contributed by atoms with E-state index in [9.17, 15) is 9.59 Å². The fraction of sp³-hybridized carbons (Fsp3) is 0.611. The molecule has 0 bridgehead atoms. The van der Waals surface area contributed by atoms with Gasteiger partial charge in [-0.15, -0.1) is 0 Å². The number of hydrogen-bond donors (Lipinski definition) is 0. The summed E-state index contributed by atoms with van der Waals surface area (Å²) < 4.78 is 2.21. The minimum atomic E-state index is 0.231. The molecule has 1 aromatic rings. The predicted molar refractivity (Wildman–Crippen MR) is 189 cm³/mol. The summed E-state index contributed by atoms with van der Waals surface area (Å²) in [7, 11) is 0. The second-order valence-corrected chi connectivity index (χ2v) is 14.0. The second kappa shape index (κ2) is 17.9. The molecule has 1 aliphatic carbocycles. The van der Waals surface area contributed by atoms with Crippen molar-refractivity contribution >= 4 is 55.3 Å². The molecular formula is C36H51Br2ClN2O2. The van der Waals surface area contributed by atoms with Crippen LogP contribution in [0.1, 0.15) is 109 Å². The zero-order valence-electron chi connectivity index (χ0n) is 26.9.